The normalized spacial score (nSPS) is 16.7. The third-order valence-corrected chi connectivity index (χ3v) is 6.40. The summed E-state index contributed by atoms with van der Waals surface area (Å²) in [4.78, 5) is 15.0. The van der Waals surface area contributed by atoms with E-state index < -0.39 is 0 Å². The van der Waals surface area contributed by atoms with Gasteiger partial charge in [0.25, 0.3) is 5.91 Å². The van der Waals surface area contributed by atoms with Crippen LogP contribution >= 0.6 is 35.6 Å². The second-order valence-electron chi connectivity index (χ2n) is 6.64. The fraction of sp³-hybridized carbons (Fsp3) is 0.0909. The van der Waals surface area contributed by atoms with Crippen LogP contribution in [0.5, 0.6) is 11.5 Å². The predicted octanol–water partition coefficient (Wildman–Crippen LogP) is 5.73. The van der Waals surface area contributed by atoms with Crippen LogP contribution in [0.15, 0.2) is 63.9 Å². The summed E-state index contributed by atoms with van der Waals surface area (Å²) in [6.45, 7) is 0.573. The number of benzene rings is 2. The molecule has 3 aromatic rings. The molecule has 0 spiro atoms. The van der Waals surface area contributed by atoms with Crippen molar-refractivity contribution in [3.8, 4) is 22.8 Å². The van der Waals surface area contributed by atoms with Crippen molar-refractivity contribution in [2.75, 3.05) is 6.79 Å². The summed E-state index contributed by atoms with van der Waals surface area (Å²) < 4.78 is 17.1. The molecular weight excluding hydrogens is 442 g/mol. The number of fused-ring (bicyclic) bond motifs is 1. The summed E-state index contributed by atoms with van der Waals surface area (Å²) in [7, 11) is 0. The molecule has 8 heteroatoms. The first kappa shape index (κ1) is 19.2. The summed E-state index contributed by atoms with van der Waals surface area (Å²) >= 11 is 12.9. The Kier molecular flexibility index (Phi) is 5.02. The molecule has 0 unspecified atom stereocenters. The molecule has 1 saturated heterocycles. The van der Waals surface area contributed by atoms with Crippen molar-refractivity contribution in [1.82, 2.24) is 4.90 Å². The number of nitrogens with zero attached hydrogens (tertiary/aromatic N) is 1. The molecule has 0 atom stereocenters. The standard InChI is InChI=1S/C22H14ClNO4S2/c23-16-4-2-1-3-15(16)17-8-6-14(28-17)10-20-21(25)24(22(29)30-20)11-13-5-7-18-19(9-13)27-12-26-18/h1-10H,11-12H2. The van der Waals surface area contributed by atoms with Crippen molar-refractivity contribution >= 4 is 51.9 Å². The van der Waals surface area contributed by atoms with E-state index in [-0.39, 0.29) is 12.7 Å². The van der Waals surface area contributed by atoms with Crippen molar-refractivity contribution in [3.63, 3.8) is 0 Å². The van der Waals surface area contributed by atoms with Crippen molar-refractivity contribution in [2.24, 2.45) is 0 Å². The van der Waals surface area contributed by atoms with Gasteiger partial charge in [0.15, 0.2) is 11.5 Å². The van der Waals surface area contributed by atoms with Crippen LogP contribution in [0.1, 0.15) is 11.3 Å². The minimum atomic E-state index is -0.154. The molecule has 1 fully saturated rings. The Bertz CT molecular complexity index is 1200. The largest absolute Gasteiger partial charge is 0.457 e. The summed E-state index contributed by atoms with van der Waals surface area (Å²) in [6.07, 6.45) is 1.71. The van der Waals surface area contributed by atoms with E-state index in [4.69, 9.17) is 37.7 Å². The maximum atomic E-state index is 12.9. The van der Waals surface area contributed by atoms with Crippen molar-refractivity contribution < 1.29 is 18.7 Å². The second kappa shape index (κ2) is 7.83. The maximum Gasteiger partial charge on any atom is 0.266 e. The Morgan fingerprint density at radius 2 is 1.93 bits per heavy atom. The van der Waals surface area contributed by atoms with E-state index in [0.717, 1.165) is 11.1 Å². The van der Waals surface area contributed by atoms with Gasteiger partial charge in [-0.05, 0) is 42.0 Å². The number of carbonyl (C=O) groups excluding carboxylic acids is 1. The van der Waals surface area contributed by atoms with Gasteiger partial charge in [-0.25, -0.2) is 0 Å². The highest BCUT2D eigenvalue weighted by Crippen LogP contribution is 2.37. The molecule has 2 aliphatic rings. The highest BCUT2D eigenvalue weighted by molar-refractivity contribution is 8.26. The number of carbonyl (C=O) groups is 1. The van der Waals surface area contributed by atoms with Crippen LogP contribution in [-0.2, 0) is 11.3 Å². The highest BCUT2D eigenvalue weighted by atomic mass is 35.5. The summed E-state index contributed by atoms with van der Waals surface area (Å²) in [5.41, 5.74) is 1.71. The van der Waals surface area contributed by atoms with Crippen molar-refractivity contribution in [2.45, 2.75) is 6.54 Å². The molecule has 0 saturated carbocycles. The fourth-order valence-electron chi connectivity index (χ4n) is 3.22. The zero-order valence-electron chi connectivity index (χ0n) is 15.5. The number of rotatable bonds is 4. The van der Waals surface area contributed by atoms with Crippen molar-refractivity contribution in [3.05, 3.63) is 75.8 Å². The number of furan rings is 1. The third kappa shape index (κ3) is 3.60. The first-order chi connectivity index (χ1) is 14.6. The second-order valence-corrected chi connectivity index (χ2v) is 8.72. The Labute approximate surface area is 187 Å². The Morgan fingerprint density at radius 3 is 2.80 bits per heavy atom. The zero-order chi connectivity index (χ0) is 20.7. The number of hydrogen-bond donors (Lipinski definition) is 0. The van der Waals surface area contributed by atoms with E-state index in [9.17, 15) is 4.79 Å². The van der Waals surface area contributed by atoms with E-state index in [1.165, 1.54) is 11.8 Å². The molecule has 1 amide bonds. The average Bonchev–Trinajstić information content (AvgIpc) is 3.45. The van der Waals surface area contributed by atoms with E-state index in [1.807, 2.05) is 48.5 Å². The van der Waals surface area contributed by atoms with Gasteiger partial charge in [0.1, 0.15) is 15.8 Å². The van der Waals surface area contributed by atoms with Crippen LogP contribution in [0.2, 0.25) is 5.02 Å². The summed E-state index contributed by atoms with van der Waals surface area (Å²) in [5, 5.41) is 0.605. The Balaban J connectivity index is 1.35. The van der Waals surface area contributed by atoms with E-state index in [0.29, 0.717) is 43.8 Å². The molecule has 0 radical (unpaired) electrons. The third-order valence-electron chi connectivity index (χ3n) is 4.69. The molecule has 3 heterocycles. The van der Waals surface area contributed by atoms with Gasteiger partial charge in [-0.1, -0.05) is 53.8 Å². The number of amides is 1. The molecule has 2 aliphatic heterocycles. The first-order valence-electron chi connectivity index (χ1n) is 9.07. The quantitative estimate of drug-likeness (QED) is 0.370. The lowest BCUT2D eigenvalue weighted by atomic mass is 10.2. The van der Waals surface area contributed by atoms with E-state index in [1.54, 1.807) is 17.0 Å². The van der Waals surface area contributed by atoms with Crippen LogP contribution in [0.4, 0.5) is 0 Å². The first-order valence-corrected chi connectivity index (χ1v) is 10.7. The van der Waals surface area contributed by atoms with Gasteiger partial charge in [-0.3, -0.25) is 9.69 Å². The Hall–Kier alpha value is -2.74. The van der Waals surface area contributed by atoms with Crippen LogP contribution < -0.4 is 9.47 Å². The van der Waals surface area contributed by atoms with E-state index in [2.05, 4.69) is 0 Å². The number of thiocarbonyl (C=S) groups is 1. The molecule has 0 bridgehead atoms. The topological polar surface area (TPSA) is 51.9 Å². The minimum absolute atomic E-state index is 0.154. The lowest BCUT2D eigenvalue weighted by molar-refractivity contribution is -0.122. The van der Waals surface area contributed by atoms with Gasteiger partial charge in [-0.2, -0.15) is 0 Å². The monoisotopic (exact) mass is 455 g/mol. The van der Waals surface area contributed by atoms with Gasteiger partial charge >= 0.3 is 0 Å². The van der Waals surface area contributed by atoms with Gasteiger partial charge in [0.05, 0.1) is 16.5 Å². The number of hydrogen-bond acceptors (Lipinski definition) is 6. The number of ether oxygens (including phenoxy) is 2. The highest BCUT2D eigenvalue weighted by Gasteiger charge is 2.32. The van der Waals surface area contributed by atoms with Gasteiger partial charge in [0.2, 0.25) is 6.79 Å². The fourth-order valence-corrected chi connectivity index (χ4v) is 4.69. The van der Waals surface area contributed by atoms with Gasteiger partial charge in [0, 0.05) is 11.6 Å². The number of thioether (sulfide) groups is 1. The minimum Gasteiger partial charge on any atom is -0.457 e. The van der Waals surface area contributed by atoms with Gasteiger partial charge < -0.3 is 13.9 Å². The molecular formula is C22H14ClNO4S2. The predicted molar refractivity (Wildman–Crippen MR) is 120 cm³/mol. The smallest absolute Gasteiger partial charge is 0.266 e. The summed E-state index contributed by atoms with van der Waals surface area (Å²) in [5.74, 6) is 2.43. The van der Waals surface area contributed by atoms with Crippen LogP contribution in [0.25, 0.3) is 17.4 Å². The number of halogens is 1. The van der Waals surface area contributed by atoms with Gasteiger partial charge in [-0.15, -0.1) is 0 Å². The molecule has 150 valence electrons. The lowest BCUT2D eigenvalue weighted by Gasteiger charge is -2.14. The zero-order valence-corrected chi connectivity index (χ0v) is 17.9. The molecule has 1 aromatic heterocycles. The summed E-state index contributed by atoms with van der Waals surface area (Å²) in [6, 6.07) is 16.7. The molecule has 2 aromatic carbocycles. The van der Waals surface area contributed by atoms with Crippen LogP contribution in [0, 0.1) is 0 Å². The Morgan fingerprint density at radius 1 is 1.10 bits per heavy atom. The van der Waals surface area contributed by atoms with E-state index >= 15 is 0 Å². The maximum absolute atomic E-state index is 12.9. The van der Waals surface area contributed by atoms with Crippen molar-refractivity contribution in [1.29, 1.82) is 0 Å². The van der Waals surface area contributed by atoms with Crippen LogP contribution in [0.3, 0.4) is 0 Å². The van der Waals surface area contributed by atoms with Crippen LogP contribution in [-0.4, -0.2) is 21.9 Å². The molecule has 30 heavy (non-hydrogen) atoms. The molecule has 5 nitrogen and oxygen atoms in total. The molecule has 5 rings (SSSR count). The SMILES string of the molecule is O=C1C(=Cc2ccc(-c3ccccc3Cl)o2)SC(=S)N1Cc1ccc2c(c1)OCO2. The lowest BCUT2D eigenvalue weighted by Crippen LogP contribution is -2.27. The average molecular weight is 456 g/mol. The molecule has 0 aliphatic carbocycles. The molecule has 0 N–H and O–H groups in total.